The summed E-state index contributed by atoms with van der Waals surface area (Å²) in [5.41, 5.74) is 4.77. The molecule has 0 bridgehead atoms. The fourth-order valence-electron chi connectivity index (χ4n) is 3.19. The number of amides is 1. The predicted molar refractivity (Wildman–Crippen MR) is 106 cm³/mol. The predicted octanol–water partition coefficient (Wildman–Crippen LogP) is -0.0942. The number of rotatable bonds is 4. The van der Waals surface area contributed by atoms with Gasteiger partial charge < -0.3 is 30.9 Å². The van der Waals surface area contributed by atoms with Crippen molar-refractivity contribution in [2.75, 3.05) is 0 Å². The highest BCUT2D eigenvalue weighted by molar-refractivity contribution is 6.14. The van der Waals surface area contributed by atoms with Crippen LogP contribution in [0.2, 0.25) is 0 Å². The molecule has 0 spiro atoms. The normalized spacial score (nSPS) is 16.7. The quantitative estimate of drug-likeness (QED) is 0.253. The van der Waals surface area contributed by atoms with Gasteiger partial charge in [0, 0.05) is 22.3 Å². The molecule has 160 valence electrons. The standard InChI is InChI=1S/C21H19N3O7/c1-10(2)31-15-7-6-11(8-12(15)9-22)19(26)24-18(23)14-5-3-4-13-16(14)20(27,28)21(29,30)17(13)25/h3-8,10,27-30H,1-2H3,(H2,23,24,26). The zero-order chi connectivity index (χ0) is 23.1. The minimum absolute atomic E-state index is 0.0113. The molecule has 0 atom stereocenters. The van der Waals surface area contributed by atoms with Gasteiger partial charge in [0.05, 0.1) is 11.7 Å². The number of ether oxygens (including phenoxy) is 1. The first-order valence-corrected chi connectivity index (χ1v) is 9.09. The van der Waals surface area contributed by atoms with Gasteiger partial charge in [-0.15, -0.1) is 0 Å². The molecule has 2 aromatic carbocycles. The van der Waals surface area contributed by atoms with Crippen molar-refractivity contribution in [1.82, 2.24) is 0 Å². The molecule has 0 unspecified atom stereocenters. The van der Waals surface area contributed by atoms with Gasteiger partial charge in [0.2, 0.25) is 5.78 Å². The molecule has 2 aromatic rings. The third kappa shape index (κ3) is 3.56. The zero-order valence-corrected chi connectivity index (χ0v) is 16.5. The fraction of sp³-hybridized carbons (Fsp3) is 0.238. The summed E-state index contributed by atoms with van der Waals surface area (Å²) in [6, 6.07) is 9.71. The van der Waals surface area contributed by atoms with E-state index in [1.54, 1.807) is 13.8 Å². The molecule has 0 saturated carbocycles. The van der Waals surface area contributed by atoms with Gasteiger partial charge in [0.1, 0.15) is 17.7 Å². The Morgan fingerprint density at radius 2 is 1.84 bits per heavy atom. The molecule has 1 amide bonds. The van der Waals surface area contributed by atoms with Crippen LogP contribution in [-0.4, -0.2) is 49.8 Å². The summed E-state index contributed by atoms with van der Waals surface area (Å²) < 4.78 is 5.50. The topological polar surface area (TPSA) is 186 Å². The van der Waals surface area contributed by atoms with Gasteiger partial charge in [-0.2, -0.15) is 10.3 Å². The smallest absolute Gasteiger partial charge is 0.289 e. The van der Waals surface area contributed by atoms with Crippen LogP contribution < -0.4 is 10.5 Å². The second-order valence-corrected chi connectivity index (χ2v) is 7.19. The van der Waals surface area contributed by atoms with Crippen LogP contribution in [0.5, 0.6) is 5.75 Å². The van der Waals surface area contributed by atoms with Crippen molar-refractivity contribution in [3.63, 3.8) is 0 Å². The molecule has 1 aliphatic carbocycles. The molecule has 0 radical (unpaired) electrons. The molecule has 1 aliphatic rings. The van der Waals surface area contributed by atoms with Crippen molar-refractivity contribution < 1.29 is 34.8 Å². The number of carbonyl (C=O) groups is 2. The number of hydrogen-bond donors (Lipinski definition) is 5. The number of Topliss-reactive ketones (excluding diaryl/α,β-unsaturated/α-hetero) is 1. The van der Waals surface area contributed by atoms with Crippen LogP contribution in [0.1, 0.15) is 51.3 Å². The van der Waals surface area contributed by atoms with E-state index in [2.05, 4.69) is 4.99 Å². The van der Waals surface area contributed by atoms with Gasteiger partial charge in [0.15, 0.2) is 0 Å². The molecule has 3 rings (SSSR count). The number of hydrogen-bond acceptors (Lipinski definition) is 8. The van der Waals surface area contributed by atoms with E-state index in [0.29, 0.717) is 0 Å². The Morgan fingerprint density at radius 3 is 2.45 bits per heavy atom. The van der Waals surface area contributed by atoms with E-state index in [4.69, 9.17) is 10.5 Å². The first-order chi connectivity index (χ1) is 14.4. The highest BCUT2D eigenvalue weighted by Crippen LogP contribution is 2.42. The Bertz CT molecular complexity index is 1160. The van der Waals surface area contributed by atoms with Crippen LogP contribution in [0.3, 0.4) is 0 Å². The van der Waals surface area contributed by atoms with Gasteiger partial charge >= 0.3 is 0 Å². The Morgan fingerprint density at radius 1 is 1.16 bits per heavy atom. The van der Waals surface area contributed by atoms with Crippen molar-refractivity contribution in [1.29, 1.82) is 5.26 Å². The maximum atomic E-state index is 12.6. The molecule has 31 heavy (non-hydrogen) atoms. The summed E-state index contributed by atoms with van der Waals surface area (Å²) in [5.74, 6) is -9.27. The second-order valence-electron chi connectivity index (χ2n) is 7.19. The summed E-state index contributed by atoms with van der Waals surface area (Å²) in [6.07, 6.45) is -0.187. The average molecular weight is 425 g/mol. The van der Waals surface area contributed by atoms with Crippen molar-refractivity contribution in [3.05, 3.63) is 64.2 Å². The highest BCUT2D eigenvalue weighted by atomic mass is 16.6. The van der Waals surface area contributed by atoms with Gasteiger partial charge in [-0.3, -0.25) is 9.59 Å². The van der Waals surface area contributed by atoms with Crippen molar-refractivity contribution in [2.24, 2.45) is 10.7 Å². The zero-order valence-electron chi connectivity index (χ0n) is 16.5. The van der Waals surface area contributed by atoms with Crippen LogP contribution in [-0.2, 0) is 5.79 Å². The van der Waals surface area contributed by atoms with E-state index in [9.17, 15) is 35.3 Å². The molecule has 0 aliphatic heterocycles. The molecule has 6 N–H and O–H groups in total. The molecule has 0 fully saturated rings. The number of aliphatic hydroxyl groups is 4. The van der Waals surface area contributed by atoms with Crippen LogP contribution in [0.4, 0.5) is 0 Å². The highest BCUT2D eigenvalue weighted by Gasteiger charge is 2.63. The van der Waals surface area contributed by atoms with Crippen molar-refractivity contribution in [2.45, 2.75) is 31.5 Å². The number of nitrogens with two attached hydrogens (primary N) is 1. The third-order valence-electron chi connectivity index (χ3n) is 4.67. The second kappa shape index (κ2) is 7.57. The first kappa shape index (κ1) is 22.1. The Kier molecular flexibility index (Phi) is 5.39. The summed E-state index contributed by atoms with van der Waals surface area (Å²) in [5, 5.41) is 49.3. The van der Waals surface area contributed by atoms with Crippen molar-refractivity contribution in [3.8, 4) is 11.8 Å². The lowest BCUT2D eigenvalue weighted by Crippen LogP contribution is -2.52. The van der Waals surface area contributed by atoms with Crippen LogP contribution in [0.25, 0.3) is 0 Å². The van der Waals surface area contributed by atoms with Crippen molar-refractivity contribution >= 4 is 17.5 Å². The summed E-state index contributed by atoms with van der Waals surface area (Å²) in [6.45, 7) is 3.56. The molecular formula is C21H19N3O7. The van der Waals surface area contributed by atoms with Crippen LogP contribution in [0, 0.1) is 11.3 Å². The lowest BCUT2D eigenvalue weighted by atomic mass is 9.98. The number of ketones is 1. The van der Waals surface area contributed by atoms with E-state index in [1.165, 1.54) is 30.3 Å². The first-order valence-electron chi connectivity index (χ1n) is 9.09. The Balaban J connectivity index is 2.02. The molecule has 10 nitrogen and oxygen atoms in total. The van der Waals surface area contributed by atoms with Gasteiger partial charge in [-0.25, -0.2) is 0 Å². The number of nitriles is 1. The molecule has 0 saturated heterocycles. The van der Waals surface area contributed by atoms with Gasteiger partial charge in [0.25, 0.3) is 17.5 Å². The SMILES string of the molecule is CC(C)Oc1ccc(C(=O)N=C(N)c2cccc3c2C(O)(O)C(O)(O)C3=O)cc1C#N. The van der Waals surface area contributed by atoms with Crippen LogP contribution >= 0.6 is 0 Å². The van der Waals surface area contributed by atoms with E-state index in [1.807, 2.05) is 6.07 Å². The fourth-order valence-corrected chi connectivity index (χ4v) is 3.19. The van der Waals surface area contributed by atoms with E-state index in [-0.39, 0.29) is 34.1 Å². The van der Waals surface area contributed by atoms with Crippen LogP contribution in [0.15, 0.2) is 41.4 Å². The summed E-state index contributed by atoms with van der Waals surface area (Å²) in [4.78, 5) is 28.4. The molecule has 0 heterocycles. The number of benzene rings is 2. The number of amidine groups is 1. The molecular weight excluding hydrogens is 406 g/mol. The van der Waals surface area contributed by atoms with Gasteiger partial charge in [-0.05, 0) is 32.0 Å². The summed E-state index contributed by atoms with van der Waals surface area (Å²) >= 11 is 0. The number of aliphatic imine (C=N–C) groups is 1. The number of fused-ring (bicyclic) bond motifs is 1. The maximum Gasteiger partial charge on any atom is 0.289 e. The van der Waals surface area contributed by atoms with Gasteiger partial charge in [-0.1, -0.05) is 18.2 Å². The summed E-state index contributed by atoms with van der Waals surface area (Å²) in [7, 11) is 0. The monoisotopic (exact) mass is 425 g/mol. The minimum atomic E-state index is -3.50. The molecule has 0 aromatic heterocycles. The number of carbonyl (C=O) groups excluding carboxylic acids is 2. The largest absolute Gasteiger partial charge is 0.490 e. The average Bonchev–Trinajstić information content (AvgIpc) is 2.85. The Hall–Kier alpha value is -3.62. The maximum absolute atomic E-state index is 12.6. The minimum Gasteiger partial charge on any atom is -0.490 e. The lowest BCUT2D eigenvalue weighted by Gasteiger charge is -2.27. The van der Waals surface area contributed by atoms with E-state index >= 15 is 0 Å². The van der Waals surface area contributed by atoms with E-state index < -0.39 is 34.7 Å². The van der Waals surface area contributed by atoms with E-state index in [0.717, 1.165) is 6.07 Å². The number of nitrogens with zero attached hydrogens (tertiary/aromatic N) is 2. The Labute approximate surface area is 176 Å². The third-order valence-corrected chi connectivity index (χ3v) is 4.67. The lowest BCUT2D eigenvalue weighted by molar-refractivity contribution is -0.331. The molecule has 10 heteroatoms.